The van der Waals surface area contributed by atoms with E-state index in [-0.39, 0.29) is 5.30 Å². The molecule has 0 aliphatic carbocycles. The van der Waals surface area contributed by atoms with Crippen molar-refractivity contribution in [2.45, 2.75) is 0 Å². The van der Waals surface area contributed by atoms with Crippen LogP contribution in [0.1, 0.15) is 0 Å². The standard InChI is InChI=1S/C8H10O6P2/c9-8(16(12,13)14)6-15(10,11)7-4-2-1-3-5-7/h1-5,10-11H,6H2,(H-,12,13,14)/p+1. The van der Waals surface area contributed by atoms with Crippen LogP contribution in [0.5, 0.6) is 0 Å². The quantitative estimate of drug-likeness (QED) is 0.563. The van der Waals surface area contributed by atoms with Gasteiger partial charge in [-0.25, -0.2) is 9.79 Å². The van der Waals surface area contributed by atoms with Gasteiger partial charge in [0, 0.05) is 0 Å². The van der Waals surface area contributed by atoms with Gasteiger partial charge in [0.05, 0.1) is 0 Å². The lowest BCUT2D eigenvalue weighted by Crippen LogP contribution is -2.18. The molecule has 0 fully saturated rings. The van der Waals surface area contributed by atoms with E-state index in [4.69, 9.17) is 9.79 Å². The van der Waals surface area contributed by atoms with Gasteiger partial charge in [-0.1, -0.05) is 18.2 Å². The van der Waals surface area contributed by atoms with Crippen molar-refractivity contribution in [3.8, 4) is 0 Å². The van der Waals surface area contributed by atoms with Crippen molar-refractivity contribution in [1.82, 2.24) is 0 Å². The molecule has 0 heterocycles. The Morgan fingerprint density at radius 2 is 1.69 bits per heavy atom. The van der Waals surface area contributed by atoms with Gasteiger partial charge in [0.2, 0.25) is 0 Å². The van der Waals surface area contributed by atoms with Crippen LogP contribution in [-0.4, -0.2) is 31.3 Å². The molecule has 0 radical (unpaired) electrons. The van der Waals surface area contributed by atoms with E-state index in [1.54, 1.807) is 18.2 Å². The fraction of sp³-hybridized carbons (Fsp3) is 0.125. The largest absolute Gasteiger partial charge is 0.395 e. The molecule has 0 spiro atoms. The summed E-state index contributed by atoms with van der Waals surface area (Å²) in [4.78, 5) is 47.3. The van der Waals surface area contributed by atoms with E-state index in [0.717, 1.165) is 0 Å². The van der Waals surface area contributed by atoms with Gasteiger partial charge < -0.3 is 9.79 Å². The number of hydrogen-bond donors (Lipinski definition) is 4. The molecule has 0 bridgehead atoms. The molecule has 1 rings (SSSR count). The molecule has 16 heavy (non-hydrogen) atoms. The molecular weight excluding hydrogens is 254 g/mol. The van der Waals surface area contributed by atoms with E-state index >= 15 is 0 Å². The Hall–Kier alpha value is -0.610. The maximum atomic E-state index is 11.0. The molecule has 88 valence electrons. The predicted octanol–water partition coefficient (Wildman–Crippen LogP) is -0.152. The van der Waals surface area contributed by atoms with E-state index in [9.17, 15) is 19.1 Å². The summed E-state index contributed by atoms with van der Waals surface area (Å²) in [5.41, 5.74) is -1.46. The van der Waals surface area contributed by atoms with Crippen LogP contribution in [-0.2, 0) is 9.36 Å². The first-order valence-corrected chi connectivity index (χ1v) is 7.71. The third-order valence-electron chi connectivity index (χ3n) is 1.85. The second kappa shape index (κ2) is 4.72. The van der Waals surface area contributed by atoms with Crippen molar-refractivity contribution < 1.29 is 28.9 Å². The summed E-state index contributed by atoms with van der Waals surface area (Å²) in [6.07, 6.45) is -0.943. The Morgan fingerprint density at radius 1 is 1.19 bits per heavy atom. The van der Waals surface area contributed by atoms with E-state index in [1.807, 2.05) is 0 Å². The molecule has 8 heteroatoms. The Kier molecular flexibility index (Phi) is 3.97. The topological polar surface area (TPSA) is 115 Å². The molecule has 0 aliphatic heterocycles. The highest BCUT2D eigenvalue weighted by molar-refractivity contribution is 7.78. The van der Waals surface area contributed by atoms with Crippen molar-refractivity contribution in [3.05, 3.63) is 30.3 Å². The lowest BCUT2D eigenvalue weighted by atomic mass is 10.4. The number of carbonyl (C=O) groups excluding carboxylic acids is 1. The minimum Gasteiger partial charge on any atom is -0.319 e. The molecule has 1 aromatic carbocycles. The van der Waals surface area contributed by atoms with Crippen molar-refractivity contribution >= 4 is 26.1 Å². The van der Waals surface area contributed by atoms with E-state index in [2.05, 4.69) is 0 Å². The zero-order chi connectivity index (χ0) is 12.4. The van der Waals surface area contributed by atoms with Crippen LogP contribution in [0.4, 0.5) is 0 Å². The smallest absolute Gasteiger partial charge is 0.319 e. The van der Waals surface area contributed by atoms with Gasteiger partial charge in [-0.2, -0.15) is 0 Å². The SMILES string of the molecule is O=C(C[P+](O)(O)c1ccccc1)P(=O)(O)O. The first-order valence-electron chi connectivity index (χ1n) is 4.21. The highest BCUT2D eigenvalue weighted by Gasteiger charge is 2.44. The predicted molar refractivity (Wildman–Crippen MR) is 59.4 cm³/mol. The molecule has 6 nitrogen and oxygen atoms in total. The summed E-state index contributed by atoms with van der Waals surface area (Å²) >= 11 is 0. The van der Waals surface area contributed by atoms with Crippen molar-refractivity contribution in [3.63, 3.8) is 0 Å². The Bertz CT molecular complexity index is 423. The van der Waals surface area contributed by atoms with Crippen LogP contribution in [0.3, 0.4) is 0 Å². The van der Waals surface area contributed by atoms with Gasteiger partial charge in [0.1, 0.15) is 0 Å². The third kappa shape index (κ3) is 3.46. The van der Waals surface area contributed by atoms with Crippen molar-refractivity contribution in [2.24, 2.45) is 0 Å². The molecule has 1 aromatic rings. The minimum absolute atomic E-state index is 0.108. The minimum atomic E-state index is -4.90. The Balaban J connectivity index is 2.89. The van der Waals surface area contributed by atoms with Crippen LogP contribution in [0.25, 0.3) is 0 Å². The maximum absolute atomic E-state index is 11.0. The monoisotopic (exact) mass is 265 g/mol. The molecular formula is C8H11O6P2+. The summed E-state index contributed by atoms with van der Waals surface area (Å²) in [7, 11) is -8.69. The second-order valence-electron chi connectivity index (χ2n) is 3.16. The fourth-order valence-corrected chi connectivity index (χ4v) is 3.58. The van der Waals surface area contributed by atoms with Gasteiger partial charge in [-0.3, -0.25) is 9.36 Å². The molecule has 0 amide bonds. The number of benzene rings is 1. The van der Waals surface area contributed by atoms with Gasteiger partial charge in [0.25, 0.3) is 5.52 Å². The van der Waals surface area contributed by atoms with Crippen LogP contribution in [0, 0.1) is 0 Å². The highest BCUT2D eigenvalue weighted by atomic mass is 31.2. The van der Waals surface area contributed by atoms with Crippen LogP contribution < -0.4 is 5.30 Å². The van der Waals surface area contributed by atoms with Crippen molar-refractivity contribution in [2.75, 3.05) is 6.16 Å². The normalized spacial score (nSPS) is 12.5. The van der Waals surface area contributed by atoms with Crippen LogP contribution in [0.15, 0.2) is 30.3 Å². The maximum Gasteiger partial charge on any atom is 0.395 e. The first kappa shape index (κ1) is 13.5. The number of hydrogen-bond acceptors (Lipinski definition) is 4. The Morgan fingerprint density at radius 3 is 2.12 bits per heavy atom. The lowest BCUT2D eigenvalue weighted by molar-refractivity contribution is -0.111. The van der Waals surface area contributed by atoms with Gasteiger partial charge in [0.15, 0.2) is 11.5 Å². The molecule has 0 atom stereocenters. The second-order valence-corrected chi connectivity index (χ2v) is 7.04. The molecule has 0 saturated carbocycles. The Labute approximate surface area is 92.2 Å². The molecule has 0 aliphatic rings. The summed E-state index contributed by atoms with van der Waals surface area (Å²) in [5.74, 6) is 0. The summed E-state index contributed by atoms with van der Waals surface area (Å²) < 4.78 is 10.6. The zero-order valence-corrected chi connectivity index (χ0v) is 9.88. The number of carbonyl (C=O) groups is 1. The molecule has 0 saturated heterocycles. The first-order chi connectivity index (χ1) is 7.23. The molecule has 0 unspecified atom stereocenters. The van der Waals surface area contributed by atoms with Gasteiger partial charge in [-0.15, -0.1) is 0 Å². The molecule has 4 N–H and O–H groups in total. The average molecular weight is 265 g/mol. The van der Waals surface area contributed by atoms with E-state index in [0.29, 0.717) is 0 Å². The van der Waals surface area contributed by atoms with Crippen LogP contribution >= 0.6 is 15.3 Å². The summed E-state index contributed by atoms with van der Waals surface area (Å²) in [6.45, 7) is 0. The zero-order valence-electron chi connectivity index (χ0n) is 8.09. The highest BCUT2D eigenvalue weighted by Crippen LogP contribution is 2.52. The molecule has 0 aromatic heterocycles. The summed E-state index contributed by atoms with van der Waals surface area (Å²) in [5, 5.41) is 0.108. The number of rotatable bonds is 4. The average Bonchev–Trinajstić information content (AvgIpc) is 2.17. The van der Waals surface area contributed by atoms with Crippen LogP contribution in [0.2, 0.25) is 0 Å². The van der Waals surface area contributed by atoms with Gasteiger partial charge in [-0.05, 0) is 12.1 Å². The summed E-state index contributed by atoms with van der Waals surface area (Å²) in [6, 6.07) is 7.51. The van der Waals surface area contributed by atoms with E-state index < -0.39 is 27.0 Å². The van der Waals surface area contributed by atoms with Gasteiger partial charge >= 0.3 is 15.3 Å². The van der Waals surface area contributed by atoms with E-state index in [1.165, 1.54) is 12.1 Å². The van der Waals surface area contributed by atoms with Crippen molar-refractivity contribution in [1.29, 1.82) is 0 Å². The fourth-order valence-electron chi connectivity index (χ4n) is 1.04. The third-order valence-corrected chi connectivity index (χ3v) is 4.76. The lowest BCUT2D eigenvalue weighted by Gasteiger charge is -2.11.